The van der Waals surface area contributed by atoms with Gasteiger partial charge in [0.1, 0.15) is 11.3 Å². The topological polar surface area (TPSA) is 95.4 Å². The van der Waals surface area contributed by atoms with E-state index < -0.39 is 5.97 Å². The summed E-state index contributed by atoms with van der Waals surface area (Å²) in [4.78, 5) is 24.5. The maximum Gasteiger partial charge on any atom is 0.341 e. The molecule has 0 bridgehead atoms. The SMILES string of the molecule is COC(=O)c1cn([C@@H](c2ccc(OC)c(OC)c2)C(C)C)cc2c(=O)[nH]nc1-2. The lowest BCUT2D eigenvalue weighted by molar-refractivity contribution is 0.0600. The van der Waals surface area contributed by atoms with Crippen LogP contribution in [0.3, 0.4) is 0 Å². The van der Waals surface area contributed by atoms with Gasteiger partial charge in [-0.25, -0.2) is 9.89 Å². The molecule has 28 heavy (non-hydrogen) atoms. The van der Waals surface area contributed by atoms with Gasteiger partial charge in [0.2, 0.25) is 0 Å². The lowest BCUT2D eigenvalue weighted by Gasteiger charge is -2.27. The van der Waals surface area contributed by atoms with Gasteiger partial charge in [-0.1, -0.05) is 19.9 Å². The van der Waals surface area contributed by atoms with E-state index in [1.807, 2.05) is 22.8 Å². The molecule has 0 aromatic heterocycles. The molecule has 0 unspecified atom stereocenters. The Morgan fingerprint density at radius 3 is 2.43 bits per heavy atom. The normalized spacial score (nSPS) is 12.2. The van der Waals surface area contributed by atoms with Crippen molar-refractivity contribution in [3.63, 3.8) is 0 Å². The average molecular weight is 385 g/mol. The molecule has 2 heterocycles. The fourth-order valence-corrected chi connectivity index (χ4v) is 3.41. The number of esters is 1. The monoisotopic (exact) mass is 385 g/mol. The van der Waals surface area contributed by atoms with Crippen LogP contribution in [0.2, 0.25) is 0 Å². The van der Waals surface area contributed by atoms with Crippen LogP contribution in [0.5, 0.6) is 11.5 Å². The largest absolute Gasteiger partial charge is 0.493 e. The summed E-state index contributed by atoms with van der Waals surface area (Å²) in [6.07, 6.45) is 3.37. The summed E-state index contributed by atoms with van der Waals surface area (Å²) in [5.74, 6) is 0.822. The molecule has 0 aliphatic carbocycles. The first kappa shape index (κ1) is 19.5. The molecule has 2 aliphatic rings. The second kappa shape index (κ2) is 7.75. The second-order valence-electron chi connectivity index (χ2n) is 6.73. The lowest BCUT2D eigenvalue weighted by Crippen LogP contribution is -2.20. The summed E-state index contributed by atoms with van der Waals surface area (Å²) in [7, 11) is 4.46. The number of carbonyl (C=O) groups excluding carboxylic acids is 1. The maximum atomic E-state index is 12.3. The van der Waals surface area contributed by atoms with Crippen LogP contribution in [-0.2, 0) is 4.74 Å². The number of H-pyrrole nitrogens is 1. The number of rotatable bonds is 6. The zero-order valence-corrected chi connectivity index (χ0v) is 16.5. The van der Waals surface area contributed by atoms with Crippen LogP contribution in [0.25, 0.3) is 11.3 Å². The minimum absolute atomic E-state index is 0.146. The first-order valence-corrected chi connectivity index (χ1v) is 8.81. The van der Waals surface area contributed by atoms with Crippen molar-refractivity contribution in [3.05, 3.63) is 52.1 Å². The summed E-state index contributed by atoms with van der Waals surface area (Å²) < 4.78 is 17.5. The molecule has 148 valence electrons. The smallest absolute Gasteiger partial charge is 0.341 e. The van der Waals surface area contributed by atoms with Crippen LogP contribution in [0.4, 0.5) is 0 Å². The number of methoxy groups -OCH3 is 3. The van der Waals surface area contributed by atoms with E-state index in [9.17, 15) is 9.59 Å². The maximum absolute atomic E-state index is 12.3. The van der Waals surface area contributed by atoms with Gasteiger partial charge in [-0.05, 0) is 23.6 Å². The standard InChI is InChI=1S/C20H23N3O5/c1-11(2)18(12-6-7-15(26-3)16(8-12)27-4)23-9-13-17(21-22-19(13)24)14(10-23)20(25)28-5/h6-11,18H,1-5H3,(H,22,24)/t18-/m1/s1. The number of pyridine rings is 1. The zero-order chi connectivity index (χ0) is 20.4. The molecular weight excluding hydrogens is 362 g/mol. The van der Waals surface area contributed by atoms with Crippen LogP contribution in [0, 0.1) is 5.92 Å². The zero-order valence-electron chi connectivity index (χ0n) is 16.5. The molecule has 0 spiro atoms. The number of nitrogens with zero attached hydrogens (tertiary/aromatic N) is 2. The molecule has 0 amide bonds. The van der Waals surface area contributed by atoms with Gasteiger partial charge in [-0.3, -0.25) is 4.79 Å². The van der Waals surface area contributed by atoms with Crippen molar-refractivity contribution in [2.45, 2.75) is 19.9 Å². The molecule has 8 heteroatoms. The van der Waals surface area contributed by atoms with Crippen molar-refractivity contribution in [3.8, 4) is 22.8 Å². The van der Waals surface area contributed by atoms with Crippen LogP contribution in [0.1, 0.15) is 35.8 Å². The number of hydrogen-bond acceptors (Lipinski definition) is 6. The predicted molar refractivity (Wildman–Crippen MR) is 103 cm³/mol. The summed E-state index contributed by atoms with van der Waals surface area (Å²) in [6, 6.07) is 5.50. The Morgan fingerprint density at radius 1 is 1.11 bits per heavy atom. The molecule has 1 atom stereocenters. The number of ether oxygens (including phenoxy) is 3. The van der Waals surface area contributed by atoms with Gasteiger partial charge < -0.3 is 18.8 Å². The van der Waals surface area contributed by atoms with Gasteiger partial charge in [0.05, 0.1) is 32.9 Å². The van der Waals surface area contributed by atoms with Crippen LogP contribution >= 0.6 is 0 Å². The van der Waals surface area contributed by atoms with Gasteiger partial charge in [-0.15, -0.1) is 0 Å². The van der Waals surface area contributed by atoms with Gasteiger partial charge in [0, 0.05) is 12.4 Å². The van der Waals surface area contributed by atoms with Crippen molar-refractivity contribution < 1.29 is 19.0 Å². The second-order valence-corrected chi connectivity index (χ2v) is 6.73. The van der Waals surface area contributed by atoms with Crippen molar-refractivity contribution in [1.82, 2.24) is 14.8 Å². The summed E-state index contributed by atoms with van der Waals surface area (Å²) in [5, 5.41) is 6.37. The molecular formula is C20H23N3O5. The molecule has 0 saturated carbocycles. The van der Waals surface area contributed by atoms with Crippen LogP contribution in [-0.4, -0.2) is 42.1 Å². The Labute approximate surface area is 162 Å². The fraction of sp³-hybridized carbons (Fsp3) is 0.350. The van der Waals surface area contributed by atoms with Crippen molar-refractivity contribution in [2.75, 3.05) is 21.3 Å². The van der Waals surface area contributed by atoms with Crippen molar-refractivity contribution in [2.24, 2.45) is 5.92 Å². The number of carbonyl (C=O) groups is 1. The van der Waals surface area contributed by atoms with E-state index in [1.54, 1.807) is 26.6 Å². The van der Waals surface area contributed by atoms with E-state index in [0.717, 1.165) is 5.56 Å². The van der Waals surface area contributed by atoms with Crippen LogP contribution in [0.15, 0.2) is 35.4 Å². The molecule has 1 aromatic rings. The third-order valence-corrected chi connectivity index (χ3v) is 4.69. The highest BCUT2D eigenvalue weighted by molar-refractivity contribution is 5.95. The first-order chi connectivity index (χ1) is 13.4. The Bertz CT molecular complexity index is 1020. The van der Waals surface area contributed by atoms with E-state index in [-0.39, 0.29) is 23.1 Å². The minimum atomic E-state index is -0.555. The molecule has 8 nitrogen and oxygen atoms in total. The molecule has 0 fully saturated rings. The Morgan fingerprint density at radius 2 is 1.82 bits per heavy atom. The Balaban J connectivity index is 2.22. The quantitative estimate of drug-likeness (QED) is 0.656. The lowest BCUT2D eigenvalue weighted by atomic mass is 9.94. The van der Waals surface area contributed by atoms with Crippen molar-refractivity contribution >= 4 is 5.97 Å². The first-order valence-electron chi connectivity index (χ1n) is 8.81. The number of fused-ring (bicyclic) bond motifs is 1. The number of hydrogen-bond donors (Lipinski definition) is 1. The summed E-state index contributed by atoms with van der Waals surface area (Å²) in [6.45, 7) is 4.12. The number of aromatic amines is 1. The Hall–Kier alpha value is -3.29. The predicted octanol–water partition coefficient (Wildman–Crippen LogP) is 2.73. The number of benzene rings is 1. The number of nitrogens with one attached hydrogen (secondary N) is 1. The Kier molecular flexibility index (Phi) is 5.39. The summed E-state index contributed by atoms with van der Waals surface area (Å²) >= 11 is 0. The van der Waals surface area contributed by atoms with Gasteiger partial charge >= 0.3 is 5.97 Å². The van der Waals surface area contributed by atoms with E-state index in [1.165, 1.54) is 7.11 Å². The van der Waals surface area contributed by atoms with Gasteiger partial charge in [0.25, 0.3) is 5.56 Å². The van der Waals surface area contributed by atoms with E-state index in [0.29, 0.717) is 22.8 Å². The fourth-order valence-electron chi connectivity index (χ4n) is 3.41. The van der Waals surface area contributed by atoms with Crippen LogP contribution < -0.4 is 15.0 Å². The minimum Gasteiger partial charge on any atom is -0.493 e. The third-order valence-electron chi connectivity index (χ3n) is 4.69. The number of aromatic nitrogens is 3. The van der Waals surface area contributed by atoms with Crippen molar-refractivity contribution in [1.29, 1.82) is 0 Å². The van der Waals surface area contributed by atoms with E-state index in [4.69, 9.17) is 14.2 Å². The average Bonchev–Trinajstić information content (AvgIpc) is 3.07. The van der Waals surface area contributed by atoms with Gasteiger partial charge in [-0.2, -0.15) is 5.10 Å². The highest BCUT2D eigenvalue weighted by Gasteiger charge is 2.26. The van der Waals surface area contributed by atoms with E-state index in [2.05, 4.69) is 24.0 Å². The third kappa shape index (κ3) is 3.33. The van der Waals surface area contributed by atoms with E-state index >= 15 is 0 Å². The molecule has 1 aromatic carbocycles. The highest BCUT2D eigenvalue weighted by atomic mass is 16.5. The molecule has 0 radical (unpaired) electrons. The molecule has 0 saturated heterocycles. The summed E-state index contributed by atoms with van der Waals surface area (Å²) in [5.41, 5.74) is 1.44. The molecule has 2 aliphatic heterocycles. The molecule has 1 N–H and O–H groups in total. The van der Waals surface area contributed by atoms with Gasteiger partial charge in [0.15, 0.2) is 11.5 Å². The molecule has 3 rings (SSSR count). The highest BCUT2D eigenvalue weighted by Crippen LogP contribution is 2.35.